The Morgan fingerprint density at radius 2 is 2.56 bits per heavy atom. The predicted octanol–water partition coefficient (Wildman–Crippen LogP) is -0.150. The van der Waals surface area contributed by atoms with E-state index >= 15 is 0 Å². The van der Waals surface area contributed by atoms with Gasteiger partial charge >= 0.3 is 0 Å². The summed E-state index contributed by atoms with van der Waals surface area (Å²) in [6.07, 6.45) is 0.792. The van der Waals surface area contributed by atoms with Gasteiger partial charge in [0.25, 0.3) is 0 Å². The SMILES string of the molecule is COC1=CC(=O)[C@H](O)C1. The lowest BCUT2D eigenvalue weighted by atomic mass is 10.3. The lowest BCUT2D eigenvalue weighted by Crippen LogP contribution is -2.11. The lowest BCUT2D eigenvalue weighted by molar-refractivity contribution is -0.121. The van der Waals surface area contributed by atoms with Gasteiger partial charge in [0.15, 0.2) is 5.78 Å². The van der Waals surface area contributed by atoms with E-state index in [1.807, 2.05) is 0 Å². The molecule has 1 atom stereocenters. The van der Waals surface area contributed by atoms with Crippen LogP contribution in [0.25, 0.3) is 0 Å². The Kier molecular flexibility index (Phi) is 1.53. The molecule has 0 heterocycles. The minimum Gasteiger partial charge on any atom is -0.501 e. The van der Waals surface area contributed by atoms with E-state index in [1.165, 1.54) is 13.2 Å². The normalized spacial score (nSPS) is 26.2. The average molecular weight is 128 g/mol. The van der Waals surface area contributed by atoms with Gasteiger partial charge in [-0.1, -0.05) is 0 Å². The molecular weight excluding hydrogens is 120 g/mol. The maximum atomic E-state index is 10.5. The van der Waals surface area contributed by atoms with Gasteiger partial charge in [-0.25, -0.2) is 0 Å². The Balaban J connectivity index is 2.62. The second-order valence-corrected chi connectivity index (χ2v) is 1.94. The molecule has 0 aromatic rings. The van der Waals surface area contributed by atoms with Gasteiger partial charge in [0.2, 0.25) is 0 Å². The smallest absolute Gasteiger partial charge is 0.187 e. The molecule has 0 saturated heterocycles. The highest BCUT2D eigenvalue weighted by Crippen LogP contribution is 2.15. The number of ketones is 1. The van der Waals surface area contributed by atoms with Crippen molar-refractivity contribution in [2.45, 2.75) is 12.5 Å². The average Bonchev–Trinajstić information content (AvgIpc) is 2.13. The summed E-state index contributed by atoms with van der Waals surface area (Å²) in [4.78, 5) is 10.5. The van der Waals surface area contributed by atoms with Crippen LogP contribution in [0.4, 0.5) is 0 Å². The molecule has 0 amide bonds. The summed E-state index contributed by atoms with van der Waals surface area (Å²) in [5.74, 6) is 0.305. The highest BCUT2D eigenvalue weighted by atomic mass is 16.5. The van der Waals surface area contributed by atoms with Crippen molar-refractivity contribution in [3.63, 3.8) is 0 Å². The van der Waals surface area contributed by atoms with E-state index in [4.69, 9.17) is 9.84 Å². The molecule has 0 aromatic heterocycles. The second kappa shape index (κ2) is 2.19. The number of methoxy groups -OCH3 is 1. The van der Waals surface area contributed by atoms with Crippen molar-refractivity contribution in [2.75, 3.05) is 7.11 Å². The Hall–Kier alpha value is -0.830. The summed E-state index contributed by atoms with van der Waals surface area (Å²) in [6.45, 7) is 0. The predicted molar refractivity (Wildman–Crippen MR) is 30.7 cm³/mol. The molecule has 1 N–H and O–H groups in total. The highest BCUT2D eigenvalue weighted by molar-refractivity contribution is 5.96. The first-order valence-corrected chi connectivity index (χ1v) is 2.70. The molecule has 0 aromatic carbocycles. The highest BCUT2D eigenvalue weighted by Gasteiger charge is 2.22. The van der Waals surface area contributed by atoms with Crippen LogP contribution >= 0.6 is 0 Å². The summed E-state index contributed by atoms with van der Waals surface area (Å²) in [5.41, 5.74) is 0. The summed E-state index contributed by atoms with van der Waals surface area (Å²) in [7, 11) is 1.48. The molecule has 0 aliphatic heterocycles. The fourth-order valence-electron chi connectivity index (χ4n) is 0.747. The zero-order chi connectivity index (χ0) is 6.85. The molecule has 3 heteroatoms. The van der Waals surface area contributed by atoms with Crippen LogP contribution in [0.3, 0.4) is 0 Å². The third-order valence-corrected chi connectivity index (χ3v) is 1.29. The Bertz CT molecular complexity index is 160. The van der Waals surface area contributed by atoms with Crippen LogP contribution in [-0.4, -0.2) is 24.1 Å². The standard InChI is InChI=1S/C6H8O3/c1-9-4-2-5(7)6(8)3-4/h2,6,8H,3H2,1H3/t6-/m1/s1. The van der Waals surface area contributed by atoms with Crippen molar-refractivity contribution < 1.29 is 14.6 Å². The maximum Gasteiger partial charge on any atom is 0.187 e. The van der Waals surface area contributed by atoms with Crippen LogP contribution in [0, 0.1) is 0 Å². The summed E-state index contributed by atoms with van der Waals surface area (Å²) < 4.78 is 4.73. The molecule has 50 valence electrons. The zero-order valence-electron chi connectivity index (χ0n) is 5.13. The van der Waals surface area contributed by atoms with E-state index in [-0.39, 0.29) is 5.78 Å². The van der Waals surface area contributed by atoms with Crippen LogP contribution < -0.4 is 0 Å². The van der Waals surface area contributed by atoms with Crippen LogP contribution in [0.1, 0.15) is 6.42 Å². The van der Waals surface area contributed by atoms with E-state index in [2.05, 4.69) is 0 Å². The number of carbonyl (C=O) groups is 1. The molecule has 0 unspecified atom stereocenters. The number of aliphatic hydroxyl groups is 1. The molecule has 0 fully saturated rings. The summed E-state index contributed by atoms with van der Waals surface area (Å²) in [5, 5.41) is 8.82. The molecular formula is C6H8O3. The van der Waals surface area contributed by atoms with Crippen molar-refractivity contribution in [3.8, 4) is 0 Å². The van der Waals surface area contributed by atoms with Crippen LogP contribution in [0.2, 0.25) is 0 Å². The lowest BCUT2D eigenvalue weighted by Gasteiger charge is -1.98. The Morgan fingerprint density at radius 1 is 1.89 bits per heavy atom. The third kappa shape index (κ3) is 1.10. The molecule has 1 rings (SSSR count). The topological polar surface area (TPSA) is 46.5 Å². The molecule has 1 aliphatic rings. The monoisotopic (exact) mass is 128 g/mol. The van der Waals surface area contributed by atoms with E-state index in [0.29, 0.717) is 12.2 Å². The molecule has 0 saturated carbocycles. The van der Waals surface area contributed by atoms with Crippen molar-refractivity contribution in [2.24, 2.45) is 0 Å². The van der Waals surface area contributed by atoms with Gasteiger partial charge in [0, 0.05) is 12.5 Å². The fraction of sp³-hybridized carbons (Fsp3) is 0.500. The van der Waals surface area contributed by atoms with Gasteiger partial charge in [-0.15, -0.1) is 0 Å². The molecule has 9 heavy (non-hydrogen) atoms. The van der Waals surface area contributed by atoms with Gasteiger partial charge < -0.3 is 9.84 Å². The first kappa shape index (κ1) is 6.29. The number of ether oxygens (including phenoxy) is 1. The van der Waals surface area contributed by atoms with E-state index in [1.54, 1.807) is 0 Å². The Labute approximate surface area is 52.9 Å². The van der Waals surface area contributed by atoms with Crippen molar-refractivity contribution in [3.05, 3.63) is 11.8 Å². The fourth-order valence-corrected chi connectivity index (χ4v) is 0.747. The van der Waals surface area contributed by atoms with Crippen LogP contribution in [0.5, 0.6) is 0 Å². The third-order valence-electron chi connectivity index (χ3n) is 1.29. The number of aliphatic hydroxyl groups excluding tert-OH is 1. The summed E-state index contributed by atoms with van der Waals surface area (Å²) in [6, 6.07) is 0. The van der Waals surface area contributed by atoms with Gasteiger partial charge in [0.1, 0.15) is 11.9 Å². The zero-order valence-corrected chi connectivity index (χ0v) is 5.13. The molecule has 0 radical (unpaired) electrons. The first-order chi connectivity index (χ1) is 4.24. The van der Waals surface area contributed by atoms with Crippen molar-refractivity contribution in [1.29, 1.82) is 0 Å². The minimum absolute atomic E-state index is 0.258. The van der Waals surface area contributed by atoms with Crippen LogP contribution in [0.15, 0.2) is 11.8 Å². The molecule has 1 aliphatic carbocycles. The minimum atomic E-state index is -0.861. The molecule has 0 bridgehead atoms. The van der Waals surface area contributed by atoms with Gasteiger partial charge in [-0.05, 0) is 0 Å². The molecule has 0 spiro atoms. The van der Waals surface area contributed by atoms with E-state index < -0.39 is 6.10 Å². The van der Waals surface area contributed by atoms with Crippen LogP contribution in [-0.2, 0) is 9.53 Å². The number of rotatable bonds is 1. The second-order valence-electron chi connectivity index (χ2n) is 1.94. The quantitative estimate of drug-likeness (QED) is 0.534. The number of carbonyl (C=O) groups excluding carboxylic acids is 1. The van der Waals surface area contributed by atoms with Gasteiger partial charge in [0.05, 0.1) is 7.11 Å². The molecule has 3 nitrogen and oxygen atoms in total. The van der Waals surface area contributed by atoms with E-state index in [0.717, 1.165) is 0 Å². The van der Waals surface area contributed by atoms with Gasteiger partial charge in [-0.2, -0.15) is 0 Å². The van der Waals surface area contributed by atoms with Crippen molar-refractivity contribution >= 4 is 5.78 Å². The van der Waals surface area contributed by atoms with Gasteiger partial charge in [-0.3, -0.25) is 4.79 Å². The van der Waals surface area contributed by atoms with E-state index in [9.17, 15) is 4.79 Å². The largest absolute Gasteiger partial charge is 0.501 e. The maximum absolute atomic E-state index is 10.5. The Morgan fingerprint density at radius 3 is 2.78 bits per heavy atom. The van der Waals surface area contributed by atoms with Crippen molar-refractivity contribution in [1.82, 2.24) is 0 Å². The number of hydrogen-bond acceptors (Lipinski definition) is 3. The number of hydrogen-bond donors (Lipinski definition) is 1. The summed E-state index contributed by atoms with van der Waals surface area (Å²) >= 11 is 0. The first-order valence-electron chi connectivity index (χ1n) is 2.70.